The molecule has 1 heterocycles. The van der Waals surface area contributed by atoms with Crippen LogP contribution < -0.4 is 4.90 Å². The molecule has 1 aromatic carbocycles. The molecule has 3 nitrogen and oxygen atoms in total. The minimum atomic E-state index is 0.355. The van der Waals surface area contributed by atoms with Gasteiger partial charge in [-0.2, -0.15) is 5.26 Å². The summed E-state index contributed by atoms with van der Waals surface area (Å²) < 4.78 is 0. The number of hydrogen-bond donors (Lipinski definition) is 0. The predicted molar refractivity (Wildman–Crippen MR) is 74.6 cm³/mol. The zero-order chi connectivity index (χ0) is 13.1. The van der Waals surface area contributed by atoms with E-state index < -0.39 is 0 Å². The van der Waals surface area contributed by atoms with Gasteiger partial charge in [0.2, 0.25) is 0 Å². The van der Waals surface area contributed by atoms with Gasteiger partial charge in [0.1, 0.15) is 6.07 Å². The van der Waals surface area contributed by atoms with Gasteiger partial charge >= 0.3 is 0 Å². The van der Waals surface area contributed by atoms with Crippen molar-refractivity contribution in [1.29, 1.82) is 5.26 Å². The largest absolute Gasteiger partial charge is 0.368 e. The minimum Gasteiger partial charge on any atom is -0.368 e. The Morgan fingerprint density at radius 3 is 2.67 bits per heavy atom. The van der Waals surface area contributed by atoms with E-state index in [2.05, 4.69) is 36.7 Å². The first kappa shape index (κ1) is 12.4. The molecule has 0 fully saturated rings. The van der Waals surface area contributed by atoms with Crippen LogP contribution in [-0.4, -0.2) is 17.6 Å². The van der Waals surface area contributed by atoms with Crippen molar-refractivity contribution in [3.8, 4) is 6.07 Å². The standard InChI is InChI=1S/C15H17N3/c1-4-18(11(2)3)15-12(9-16)10-17-14-8-6-5-7-13(14)15/h5-8,10-11H,4H2,1-3H3. The maximum absolute atomic E-state index is 9.29. The number of aromatic nitrogens is 1. The summed E-state index contributed by atoms with van der Waals surface area (Å²) in [6, 6.07) is 10.6. The third kappa shape index (κ3) is 2.02. The zero-order valence-electron chi connectivity index (χ0n) is 11.0. The Morgan fingerprint density at radius 1 is 1.33 bits per heavy atom. The monoisotopic (exact) mass is 239 g/mol. The molecule has 3 heteroatoms. The lowest BCUT2D eigenvalue weighted by Gasteiger charge is -2.29. The van der Waals surface area contributed by atoms with Crippen LogP contribution in [0.4, 0.5) is 5.69 Å². The highest BCUT2D eigenvalue weighted by atomic mass is 15.2. The summed E-state index contributed by atoms with van der Waals surface area (Å²) in [6.45, 7) is 7.26. The van der Waals surface area contributed by atoms with Crippen LogP contribution in [0.3, 0.4) is 0 Å². The molecule has 0 aliphatic rings. The molecular formula is C15H17N3. The summed E-state index contributed by atoms with van der Waals surface area (Å²) in [5, 5.41) is 10.3. The molecule has 0 aliphatic carbocycles. The average molecular weight is 239 g/mol. The predicted octanol–water partition coefficient (Wildman–Crippen LogP) is 3.34. The van der Waals surface area contributed by atoms with Crippen molar-refractivity contribution in [3.05, 3.63) is 36.0 Å². The summed E-state index contributed by atoms with van der Waals surface area (Å²) in [4.78, 5) is 6.58. The highest BCUT2D eigenvalue weighted by Gasteiger charge is 2.16. The Hall–Kier alpha value is -2.08. The van der Waals surface area contributed by atoms with Crippen LogP contribution in [0.25, 0.3) is 10.9 Å². The second kappa shape index (κ2) is 5.05. The van der Waals surface area contributed by atoms with Crippen molar-refractivity contribution in [3.63, 3.8) is 0 Å². The molecule has 0 aliphatic heterocycles. The lowest BCUT2D eigenvalue weighted by Crippen LogP contribution is -2.31. The van der Waals surface area contributed by atoms with Crippen LogP contribution in [0, 0.1) is 11.3 Å². The van der Waals surface area contributed by atoms with Crippen molar-refractivity contribution < 1.29 is 0 Å². The molecule has 0 saturated heterocycles. The van der Waals surface area contributed by atoms with E-state index in [9.17, 15) is 5.26 Å². The van der Waals surface area contributed by atoms with Gasteiger partial charge in [-0.3, -0.25) is 4.98 Å². The Bertz CT molecular complexity index is 596. The molecule has 0 amide bonds. The van der Waals surface area contributed by atoms with Crippen molar-refractivity contribution in [1.82, 2.24) is 4.98 Å². The fourth-order valence-corrected chi connectivity index (χ4v) is 2.30. The molecule has 2 rings (SSSR count). The van der Waals surface area contributed by atoms with Gasteiger partial charge in [0, 0.05) is 24.2 Å². The van der Waals surface area contributed by atoms with Crippen LogP contribution in [0.1, 0.15) is 26.3 Å². The number of para-hydroxylation sites is 1. The van der Waals surface area contributed by atoms with Crippen LogP contribution in [0.5, 0.6) is 0 Å². The molecule has 0 bridgehead atoms. The van der Waals surface area contributed by atoms with Crippen molar-refractivity contribution in [2.24, 2.45) is 0 Å². The highest BCUT2D eigenvalue weighted by molar-refractivity contribution is 5.94. The van der Waals surface area contributed by atoms with Gasteiger partial charge in [-0.15, -0.1) is 0 Å². The maximum atomic E-state index is 9.29. The normalized spacial score (nSPS) is 10.6. The number of fused-ring (bicyclic) bond motifs is 1. The smallest absolute Gasteiger partial charge is 0.103 e. The minimum absolute atomic E-state index is 0.355. The Labute approximate surface area is 108 Å². The molecule has 1 aromatic heterocycles. The van der Waals surface area contributed by atoms with E-state index in [1.54, 1.807) is 6.20 Å². The van der Waals surface area contributed by atoms with Gasteiger partial charge in [0.05, 0.1) is 16.8 Å². The Kier molecular flexibility index (Phi) is 3.47. The molecular weight excluding hydrogens is 222 g/mol. The number of nitrogens with zero attached hydrogens (tertiary/aromatic N) is 3. The average Bonchev–Trinajstić information content (AvgIpc) is 2.39. The fraction of sp³-hybridized carbons (Fsp3) is 0.333. The number of pyridine rings is 1. The van der Waals surface area contributed by atoms with Crippen molar-refractivity contribution in [2.75, 3.05) is 11.4 Å². The van der Waals surface area contributed by atoms with E-state index in [1.165, 1.54) is 0 Å². The van der Waals surface area contributed by atoms with E-state index in [1.807, 2.05) is 24.3 Å². The summed E-state index contributed by atoms with van der Waals surface area (Å²) >= 11 is 0. The molecule has 0 saturated carbocycles. The molecule has 0 atom stereocenters. The van der Waals surface area contributed by atoms with Crippen LogP contribution in [0.2, 0.25) is 0 Å². The van der Waals surface area contributed by atoms with Crippen LogP contribution in [-0.2, 0) is 0 Å². The lowest BCUT2D eigenvalue weighted by atomic mass is 10.1. The summed E-state index contributed by atoms with van der Waals surface area (Å²) in [7, 11) is 0. The summed E-state index contributed by atoms with van der Waals surface area (Å²) in [5.74, 6) is 0. The van der Waals surface area contributed by atoms with Gasteiger partial charge in [0.15, 0.2) is 0 Å². The van der Waals surface area contributed by atoms with E-state index >= 15 is 0 Å². The van der Waals surface area contributed by atoms with E-state index in [0.29, 0.717) is 11.6 Å². The lowest BCUT2D eigenvalue weighted by molar-refractivity contribution is 0.705. The van der Waals surface area contributed by atoms with Crippen molar-refractivity contribution >= 4 is 16.6 Å². The maximum Gasteiger partial charge on any atom is 0.103 e. The third-order valence-electron chi connectivity index (χ3n) is 3.12. The van der Waals surface area contributed by atoms with Crippen LogP contribution in [0.15, 0.2) is 30.5 Å². The molecule has 0 spiro atoms. The molecule has 2 aromatic rings. The van der Waals surface area contributed by atoms with Gasteiger partial charge in [-0.25, -0.2) is 0 Å². The van der Waals surface area contributed by atoms with Gasteiger partial charge in [0.25, 0.3) is 0 Å². The fourth-order valence-electron chi connectivity index (χ4n) is 2.30. The molecule has 0 radical (unpaired) electrons. The zero-order valence-corrected chi connectivity index (χ0v) is 11.0. The Morgan fingerprint density at radius 2 is 2.06 bits per heavy atom. The van der Waals surface area contributed by atoms with Crippen molar-refractivity contribution in [2.45, 2.75) is 26.8 Å². The molecule has 92 valence electrons. The summed E-state index contributed by atoms with van der Waals surface area (Å²) in [6.07, 6.45) is 1.67. The number of rotatable bonds is 3. The molecule has 0 N–H and O–H groups in total. The first-order valence-electron chi connectivity index (χ1n) is 6.23. The number of hydrogen-bond acceptors (Lipinski definition) is 3. The topological polar surface area (TPSA) is 39.9 Å². The first-order chi connectivity index (χ1) is 8.69. The number of benzene rings is 1. The second-order valence-electron chi connectivity index (χ2n) is 4.53. The van der Waals surface area contributed by atoms with E-state index in [0.717, 1.165) is 23.1 Å². The van der Waals surface area contributed by atoms with Gasteiger partial charge in [-0.1, -0.05) is 18.2 Å². The number of anilines is 1. The molecule has 0 unspecified atom stereocenters. The second-order valence-corrected chi connectivity index (χ2v) is 4.53. The summed E-state index contributed by atoms with van der Waals surface area (Å²) in [5.41, 5.74) is 2.58. The SMILES string of the molecule is CCN(c1c(C#N)cnc2ccccc12)C(C)C. The van der Waals surface area contributed by atoms with Gasteiger partial charge in [-0.05, 0) is 26.8 Å². The van der Waals surface area contributed by atoms with E-state index in [-0.39, 0.29) is 0 Å². The van der Waals surface area contributed by atoms with Crippen LogP contribution >= 0.6 is 0 Å². The third-order valence-corrected chi connectivity index (χ3v) is 3.12. The number of nitriles is 1. The highest BCUT2D eigenvalue weighted by Crippen LogP contribution is 2.30. The quantitative estimate of drug-likeness (QED) is 0.824. The van der Waals surface area contributed by atoms with Gasteiger partial charge < -0.3 is 4.90 Å². The first-order valence-corrected chi connectivity index (χ1v) is 6.23. The molecule has 18 heavy (non-hydrogen) atoms. The van der Waals surface area contributed by atoms with E-state index in [4.69, 9.17) is 0 Å². The Balaban J connectivity index is 2.76.